The van der Waals surface area contributed by atoms with Crippen LogP contribution in [0.5, 0.6) is 23.0 Å². The van der Waals surface area contributed by atoms with E-state index < -0.39 is 18.2 Å². The zero-order valence-corrected chi connectivity index (χ0v) is 17.9. The molecule has 1 heterocycles. The molecule has 0 aliphatic carbocycles. The van der Waals surface area contributed by atoms with Crippen LogP contribution in [0.4, 0.5) is 18.9 Å². The van der Waals surface area contributed by atoms with Crippen molar-refractivity contribution in [1.29, 1.82) is 0 Å². The van der Waals surface area contributed by atoms with Crippen LogP contribution in [-0.4, -0.2) is 33.4 Å². The van der Waals surface area contributed by atoms with Gasteiger partial charge in [0.2, 0.25) is 0 Å². The number of benzene rings is 3. The molecule has 9 heteroatoms. The monoisotopic (exact) mass is 459 g/mol. The molecule has 6 nitrogen and oxygen atoms in total. The van der Waals surface area contributed by atoms with Crippen molar-refractivity contribution in [2.45, 2.75) is 12.3 Å². The molecule has 1 N–H and O–H groups in total. The minimum Gasteiger partial charge on any atom is -0.496 e. The van der Waals surface area contributed by atoms with E-state index >= 15 is 0 Å². The van der Waals surface area contributed by atoms with Crippen molar-refractivity contribution in [1.82, 2.24) is 0 Å². The van der Waals surface area contributed by atoms with E-state index in [1.54, 1.807) is 42.5 Å². The van der Waals surface area contributed by atoms with Gasteiger partial charge in [0.05, 0.1) is 26.9 Å². The van der Waals surface area contributed by atoms with E-state index in [4.69, 9.17) is 18.9 Å². The Balaban J connectivity index is 1.87. The first-order valence-corrected chi connectivity index (χ1v) is 9.85. The summed E-state index contributed by atoms with van der Waals surface area (Å²) in [4.78, 5) is 11.5. The third-order valence-corrected chi connectivity index (χ3v) is 5.28. The Morgan fingerprint density at radius 3 is 2.30 bits per heavy atom. The van der Waals surface area contributed by atoms with Gasteiger partial charge in [-0.1, -0.05) is 18.2 Å². The number of halogens is 3. The van der Waals surface area contributed by atoms with Crippen molar-refractivity contribution < 1.29 is 36.9 Å². The summed E-state index contributed by atoms with van der Waals surface area (Å²) in [6.07, 6.45) is -5.70. The molecular weight excluding hydrogens is 439 g/mol. The van der Waals surface area contributed by atoms with E-state index in [-0.39, 0.29) is 5.69 Å². The summed E-state index contributed by atoms with van der Waals surface area (Å²) in [6, 6.07) is 15.1. The molecule has 0 saturated carbocycles. The number of carbonyl (C=O) groups is 1. The Hall–Kier alpha value is -3.88. The van der Waals surface area contributed by atoms with Crippen LogP contribution in [0.15, 0.2) is 54.6 Å². The lowest BCUT2D eigenvalue weighted by Gasteiger charge is -2.31. The van der Waals surface area contributed by atoms with Crippen LogP contribution in [0.2, 0.25) is 0 Å². The molecule has 3 aromatic carbocycles. The van der Waals surface area contributed by atoms with Gasteiger partial charge in [0.1, 0.15) is 17.6 Å². The highest BCUT2D eigenvalue weighted by atomic mass is 19.4. The van der Waals surface area contributed by atoms with Crippen LogP contribution in [0, 0.1) is 0 Å². The van der Waals surface area contributed by atoms with E-state index in [0.717, 1.165) is 0 Å². The molecule has 0 radical (unpaired) electrons. The molecule has 0 bridgehead atoms. The molecule has 0 aromatic heterocycles. The highest BCUT2D eigenvalue weighted by Crippen LogP contribution is 2.50. The average Bonchev–Trinajstić information content (AvgIpc) is 2.81. The molecule has 1 unspecified atom stereocenters. The van der Waals surface area contributed by atoms with Gasteiger partial charge in [-0.25, -0.2) is 0 Å². The minimum atomic E-state index is -5.01. The van der Waals surface area contributed by atoms with E-state index in [2.05, 4.69) is 0 Å². The summed E-state index contributed by atoms with van der Waals surface area (Å²) >= 11 is 0. The molecular formula is C24H20F3NO5. The van der Waals surface area contributed by atoms with Crippen molar-refractivity contribution in [3.8, 4) is 34.1 Å². The second-order valence-corrected chi connectivity index (χ2v) is 7.20. The first kappa shape index (κ1) is 22.3. The number of alkyl halides is 3. The van der Waals surface area contributed by atoms with Crippen LogP contribution in [-0.2, 0) is 4.79 Å². The number of methoxy groups -OCH3 is 3. The van der Waals surface area contributed by atoms with Crippen molar-refractivity contribution in [2.75, 3.05) is 26.6 Å². The molecule has 1 atom stereocenters. The quantitative estimate of drug-likeness (QED) is 0.556. The number of nitrogens with one attached hydrogen (secondary N) is 1. The number of fused-ring (bicyclic) bond motifs is 3. The predicted octanol–water partition coefficient (Wildman–Crippen LogP) is 5.36. The summed E-state index contributed by atoms with van der Waals surface area (Å²) in [7, 11) is 4.54. The van der Waals surface area contributed by atoms with Gasteiger partial charge < -0.3 is 24.3 Å². The zero-order valence-electron chi connectivity index (χ0n) is 17.9. The van der Waals surface area contributed by atoms with Crippen molar-refractivity contribution in [2.24, 2.45) is 0 Å². The SMILES string of the molecule is COc1ccc(C2Oc3cccc(OC)c3-c3ccc(NC(=O)C(F)(F)F)cc32)cc1OC. The smallest absolute Gasteiger partial charge is 0.471 e. The molecule has 4 rings (SSSR count). The minimum absolute atomic E-state index is 0.0106. The Morgan fingerprint density at radius 1 is 0.909 bits per heavy atom. The van der Waals surface area contributed by atoms with E-state index in [1.807, 2.05) is 5.32 Å². The normalized spacial score (nSPS) is 14.4. The standard InChI is InChI=1S/C24H20F3NO5/c1-30-17-10-7-13(11-20(17)32-3)22-16-12-14(28-23(29)24(25,26)27)8-9-15(16)21-18(31-2)5-4-6-19(21)33-22/h4-12,22H,1-3H3,(H,28,29). The third kappa shape index (κ3) is 4.13. The maximum atomic E-state index is 12.8. The van der Waals surface area contributed by atoms with Gasteiger partial charge in [-0.05, 0) is 42.0 Å². The highest BCUT2D eigenvalue weighted by molar-refractivity contribution is 5.95. The molecule has 0 saturated heterocycles. The summed E-state index contributed by atoms with van der Waals surface area (Å²) < 4.78 is 60.8. The molecule has 1 aliphatic heterocycles. The predicted molar refractivity (Wildman–Crippen MR) is 115 cm³/mol. The van der Waals surface area contributed by atoms with Crippen molar-refractivity contribution >= 4 is 11.6 Å². The molecule has 1 aliphatic rings. The maximum Gasteiger partial charge on any atom is 0.471 e. The van der Waals surface area contributed by atoms with E-state index in [0.29, 0.717) is 45.3 Å². The van der Waals surface area contributed by atoms with Gasteiger partial charge in [-0.15, -0.1) is 0 Å². The zero-order chi connectivity index (χ0) is 23.8. The first-order chi connectivity index (χ1) is 15.8. The number of amides is 1. The highest BCUT2D eigenvalue weighted by Gasteiger charge is 2.39. The molecule has 0 fully saturated rings. The van der Waals surface area contributed by atoms with Crippen LogP contribution in [0.25, 0.3) is 11.1 Å². The molecule has 0 spiro atoms. The van der Waals surface area contributed by atoms with Crippen LogP contribution >= 0.6 is 0 Å². The van der Waals surface area contributed by atoms with Crippen LogP contribution in [0.3, 0.4) is 0 Å². The summed E-state index contributed by atoms with van der Waals surface area (Å²) in [5, 5.41) is 1.90. The summed E-state index contributed by atoms with van der Waals surface area (Å²) in [5.41, 5.74) is 2.60. The first-order valence-electron chi connectivity index (χ1n) is 9.85. The van der Waals surface area contributed by atoms with Crippen LogP contribution < -0.4 is 24.3 Å². The largest absolute Gasteiger partial charge is 0.496 e. The van der Waals surface area contributed by atoms with E-state index in [1.165, 1.54) is 33.5 Å². The van der Waals surface area contributed by atoms with Gasteiger partial charge in [-0.3, -0.25) is 4.79 Å². The maximum absolute atomic E-state index is 12.8. The Bertz CT molecular complexity index is 1210. The second-order valence-electron chi connectivity index (χ2n) is 7.20. The van der Waals surface area contributed by atoms with Crippen molar-refractivity contribution in [3.05, 3.63) is 65.7 Å². The molecule has 3 aromatic rings. The number of hydrogen-bond donors (Lipinski definition) is 1. The lowest BCUT2D eigenvalue weighted by molar-refractivity contribution is -0.167. The van der Waals surface area contributed by atoms with Crippen molar-refractivity contribution in [3.63, 3.8) is 0 Å². The fourth-order valence-corrected chi connectivity index (χ4v) is 3.79. The van der Waals surface area contributed by atoms with Gasteiger partial charge in [0, 0.05) is 16.8 Å². The van der Waals surface area contributed by atoms with Gasteiger partial charge >= 0.3 is 12.1 Å². The summed E-state index contributed by atoms with van der Waals surface area (Å²) in [6.45, 7) is 0. The fourth-order valence-electron chi connectivity index (χ4n) is 3.79. The molecule has 1 amide bonds. The lowest BCUT2D eigenvalue weighted by Crippen LogP contribution is -2.30. The molecule has 33 heavy (non-hydrogen) atoms. The number of hydrogen-bond acceptors (Lipinski definition) is 5. The van der Waals surface area contributed by atoms with E-state index in [9.17, 15) is 18.0 Å². The van der Waals surface area contributed by atoms with Gasteiger partial charge in [0.25, 0.3) is 0 Å². The fraction of sp³-hybridized carbons (Fsp3) is 0.208. The summed E-state index contributed by atoms with van der Waals surface area (Å²) in [5.74, 6) is 0.0313. The number of carbonyl (C=O) groups excluding carboxylic acids is 1. The molecule has 172 valence electrons. The Labute approximate surface area is 187 Å². The van der Waals surface area contributed by atoms with Gasteiger partial charge in [0.15, 0.2) is 11.5 Å². The number of ether oxygens (including phenoxy) is 4. The second kappa shape index (κ2) is 8.57. The third-order valence-electron chi connectivity index (χ3n) is 5.28. The van der Waals surface area contributed by atoms with Gasteiger partial charge in [-0.2, -0.15) is 13.2 Å². The Morgan fingerprint density at radius 2 is 1.64 bits per heavy atom. The number of rotatable bonds is 5. The lowest BCUT2D eigenvalue weighted by atomic mass is 9.88. The Kier molecular flexibility index (Phi) is 5.80. The average molecular weight is 459 g/mol. The topological polar surface area (TPSA) is 66.0 Å². The van der Waals surface area contributed by atoms with Crippen LogP contribution in [0.1, 0.15) is 17.2 Å². The number of anilines is 1.